The minimum atomic E-state index is -1.89. The number of amides is 2. The topological polar surface area (TPSA) is 261 Å². The van der Waals surface area contributed by atoms with Crippen molar-refractivity contribution >= 4 is 126 Å². The molecule has 40 heteroatoms. The van der Waals surface area contributed by atoms with Crippen LogP contribution in [0.4, 0.5) is 53.4 Å². The normalized spacial score (nSPS) is 22.7. The first-order chi connectivity index (χ1) is 63.9. The Hall–Kier alpha value is -9.25. The Morgan fingerprint density at radius 1 is 0.444 bits per heavy atom. The number of hydrogen-bond donors (Lipinski definition) is 2. The van der Waals surface area contributed by atoms with Crippen LogP contribution in [0.2, 0.25) is 15.1 Å². The molecule has 29 nitrogen and oxygen atoms in total. The second kappa shape index (κ2) is 41.0. The molecule has 728 valence electrons. The van der Waals surface area contributed by atoms with Crippen LogP contribution in [0.25, 0.3) is 55.0 Å². The standard InChI is InChI=1S/C33H41ClF2N6O4.C29H34ClF2N5O2.C27H38BrClN6O4.C6H5BF2O2/c1-19-16-41(32(44)46-33(3,4)5)20(2)15-40(19)30-24-14-25(34)27(23-8-7-21(35)13-26(23)36)29-28(24)42(31(43)37-30)22(18-45-29)17-39-11-9-38(6)10-12-39;1-17-4-5-18(2)36(14-17)28-22-13-23(30)25(21-7-6-19(31)12-24(21)32)27-26(22)37(29(38)33-28)20(16-39-27)15-35-10-8-34(3)9-11-35;1-16-13-34(26(37)39-27(3,4)5)17(2)12-33(16)24-19-11-20(29)21(28)23-22(19)35(25(36)30-24)18(15-38-23)14-32-9-7-31(6)8-10-32;8-4-1-2-5(7(10)11)6(9)3-4/h7-8,13-14,19-20,22H,9-12,15-18H2,1-6H3;6-7,12-13,17-18,20H,4-5,8-11,14-16H2,1-3H3;11,16-18H,7-10,12-15H2,1-6H3;1-3,10-11H/t19-,20+,22+;17-,18-,20+;16-,17+,18+;/m000./s1. The van der Waals surface area contributed by atoms with Gasteiger partial charge in [0, 0.05) is 223 Å². The maximum absolute atomic E-state index is 15.2. The largest absolute Gasteiger partial charge is 0.491 e. The van der Waals surface area contributed by atoms with Crippen molar-refractivity contribution in [1.29, 1.82) is 0 Å². The van der Waals surface area contributed by atoms with Crippen molar-refractivity contribution in [3.05, 3.63) is 159 Å². The predicted octanol–water partition coefficient (Wildman–Crippen LogP) is 13.3. The van der Waals surface area contributed by atoms with Crippen molar-refractivity contribution in [2.75, 3.05) is 187 Å². The summed E-state index contributed by atoms with van der Waals surface area (Å²) in [4.78, 5) is 105. The molecule has 9 aliphatic rings. The van der Waals surface area contributed by atoms with Crippen LogP contribution < -0.4 is 51.4 Å². The van der Waals surface area contributed by atoms with E-state index in [0.717, 1.165) is 128 Å². The maximum atomic E-state index is 15.2. The van der Waals surface area contributed by atoms with Crippen molar-refractivity contribution in [2.24, 2.45) is 5.92 Å². The van der Waals surface area contributed by atoms with E-state index >= 15 is 8.78 Å². The Morgan fingerprint density at radius 2 is 0.778 bits per heavy atom. The van der Waals surface area contributed by atoms with E-state index in [1.165, 1.54) is 24.3 Å². The van der Waals surface area contributed by atoms with Crippen LogP contribution in [-0.2, 0) is 9.47 Å². The van der Waals surface area contributed by atoms with E-state index in [1.807, 2.05) is 80.2 Å². The fraction of sp³-hybridized carbons (Fsp3) is 0.537. The zero-order valence-electron chi connectivity index (χ0n) is 78.7. The molecular formula is C95H118BBrCl3F6N17O12. The van der Waals surface area contributed by atoms with E-state index in [1.54, 1.807) is 35.6 Å². The minimum absolute atomic E-state index is 0.0751. The summed E-state index contributed by atoms with van der Waals surface area (Å²) in [5, 5.41) is 20.0. The summed E-state index contributed by atoms with van der Waals surface area (Å²) in [5.74, 6) is -1.42. The van der Waals surface area contributed by atoms with Crippen LogP contribution in [0.3, 0.4) is 0 Å². The Bertz CT molecular complexity index is 6140. The molecule has 2 N–H and O–H groups in total. The summed E-state index contributed by atoms with van der Waals surface area (Å²) in [7, 11) is 4.43. The summed E-state index contributed by atoms with van der Waals surface area (Å²) in [5.41, 5.74) is -0.0977. The predicted molar refractivity (Wildman–Crippen MR) is 517 cm³/mol. The maximum Gasteiger partial charge on any atom is 0.491 e. The van der Waals surface area contributed by atoms with Gasteiger partial charge in [0.2, 0.25) is 0 Å². The van der Waals surface area contributed by atoms with Gasteiger partial charge in [-0.1, -0.05) is 47.8 Å². The first-order valence-corrected chi connectivity index (χ1v) is 47.9. The number of carbonyl (C=O) groups is 2. The summed E-state index contributed by atoms with van der Waals surface area (Å²) in [6.45, 7) is 39.7. The highest BCUT2D eigenvalue weighted by atomic mass is 79.9. The Balaban J connectivity index is 0.000000146. The van der Waals surface area contributed by atoms with Crippen molar-refractivity contribution in [3.63, 3.8) is 0 Å². The third kappa shape index (κ3) is 21.8. The van der Waals surface area contributed by atoms with Gasteiger partial charge in [0.05, 0.1) is 48.7 Å². The Labute approximate surface area is 804 Å². The van der Waals surface area contributed by atoms with E-state index in [0.29, 0.717) is 136 Å². The van der Waals surface area contributed by atoms with Crippen LogP contribution in [0.5, 0.6) is 17.2 Å². The molecule has 0 bridgehead atoms. The first kappa shape index (κ1) is 100. The molecule has 6 saturated heterocycles. The number of carbonyl (C=O) groups excluding carboxylic acids is 2. The molecule has 135 heavy (non-hydrogen) atoms. The number of benzene rings is 6. The monoisotopic (exact) mass is 2000 g/mol. The summed E-state index contributed by atoms with van der Waals surface area (Å²) >= 11 is 24.0. The lowest BCUT2D eigenvalue weighted by Crippen LogP contribution is -2.59. The fourth-order valence-corrected chi connectivity index (χ4v) is 20.6. The molecule has 0 unspecified atom stereocenters. The number of halogens is 10. The molecule has 18 rings (SSSR count). The van der Waals surface area contributed by atoms with Crippen LogP contribution >= 0.6 is 50.7 Å². The van der Waals surface area contributed by atoms with Gasteiger partial charge in [-0.2, -0.15) is 15.0 Å². The van der Waals surface area contributed by atoms with Crippen molar-refractivity contribution in [1.82, 2.24) is 67.9 Å². The van der Waals surface area contributed by atoms with Gasteiger partial charge in [0.25, 0.3) is 0 Å². The molecule has 9 atom stereocenters. The molecule has 0 saturated carbocycles. The number of anilines is 3. The number of rotatable bonds is 12. The number of hydrogen-bond acceptors (Lipinski definition) is 24. The molecule has 3 aromatic heterocycles. The summed E-state index contributed by atoms with van der Waals surface area (Å²) < 4.78 is 119. The number of ether oxygens (including phenoxy) is 5. The number of nitrogens with zero attached hydrogens (tertiary/aromatic N) is 17. The number of likely N-dealkylation sites (N-methyl/N-ethyl adjacent to an activating group) is 3. The van der Waals surface area contributed by atoms with Crippen molar-refractivity contribution in [3.8, 4) is 39.5 Å². The van der Waals surface area contributed by atoms with E-state index in [2.05, 4.69) is 105 Å². The third-order valence-electron chi connectivity index (χ3n) is 26.6. The van der Waals surface area contributed by atoms with E-state index < -0.39 is 65.0 Å². The van der Waals surface area contributed by atoms with E-state index in [-0.39, 0.29) is 117 Å². The number of piperazine rings is 5. The van der Waals surface area contributed by atoms with Crippen LogP contribution in [0.15, 0.2) is 91.7 Å². The van der Waals surface area contributed by atoms with Crippen LogP contribution in [0.1, 0.15) is 114 Å². The average molecular weight is 2000 g/mol. The zero-order chi connectivity index (χ0) is 97.2. The van der Waals surface area contributed by atoms with Crippen LogP contribution in [0, 0.1) is 40.8 Å². The molecule has 2 amide bonds. The van der Waals surface area contributed by atoms with Gasteiger partial charge in [-0.15, -0.1) is 0 Å². The van der Waals surface area contributed by atoms with Gasteiger partial charge in [0.1, 0.15) is 88.9 Å². The zero-order valence-corrected chi connectivity index (χ0v) is 82.6. The van der Waals surface area contributed by atoms with Gasteiger partial charge < -0.3 is 72.9 Å². The molecular weight excluding hydrogens is 1880 g/mol. The Kier molecular flexibility index (Phi) is 30.5. The molecule has 9 aliphatic heterocycles. The second-order valence-electron chi connectivity index (χ2n) is 39.2. The quantitative estimate of drug-likeness (QED) is 0.0850. The number of aromatic nitrogens is 6. The fourth-order valence-electron chi connectivity index (χ4n) is 19.4. The smallest absolute Gasteiger partial charge is 0.488 e. The second-order valence-corrected chi connectivity index (χ2v) is 41.2. The highest BCUT2D eigenvalue weighted by Crippen LogP contribution is 2.51. The van der Waals surface area contributed by atoms with Gasteiger partial charge >= 0.3 is 36.4 Å². The highest BCUT2D eigenvalue weighted by Gasteiger charge is 2.44. The SMILES string of the molecule is C[C@@H]1CN(c2nc(=O)n3c4c(c(-c5ccc(F)cc5F)c(Cl)cc24)OC[C@H]3CN2CCN(C)CC2)[C@@H](C)CN1C(=O)OC(C)(C)C.C[C@@H]1CN(c2nc(=O)n3c4c(c(Br)c(Cl)cc24)OC[C@H]3CN2CCN(C)CC2)[C@@H](C)CN1C(=O)OC(C)(C)C.C[C@H]1CC[C@H](C)N(c2nc(=O)n3c4c(c(-c5ccc(F)cc5F)c(Cl)cc24)OC[C@H]3CN2CCN(C)CC2)C1.OB(O)c1ccc(F)cc1F. The molecule has 0 radical (unpaired) electrons. The molecule has 0 spiro atoms. The van der Waals surface area contributed by atoms with E-state index in [9.17, 15) is 41.5 Å². The van der Waals surface area contributed by atoms with Gasteiger partial charge in [-0.3, -0.25) is 28.4 Å². The molecule has 9 aromatic rings. The molecule has 0 aliphatic carbocycles. The Morgan fingerprint density at radius 3 is 1.13 bits per heavy atom. The molecule has 6 aromatic carbocycles. The lowest BCUT2D eigenvalue weighted by molar-refractivity contribution is 0.0119. The molecule has 12 heterocycles. The summed E-state index contributed by atoms with van der Waals surface area (Å²) in [6, 6.07) is 13.3. The molecule has 6 fully saturated rings. The van der Waals surface area contributed by atoms with Crippen molar-refractivity contribution < 1.29 is 69.7 Å². The lowest BCUT2D eigenvalue weighted by Gasteiger charge is -2.45. The average Bonchev–Trinajstić information content (AvgIpc) is 0.725. The minimum Gasteiger partial charge on any atom is -0.488 e. The van der Waals surface area contributed by atoms with Crippen LogP contribution in [-0.4, -0.2) is 310 Å². The highest BCUT2D eigenvalue weighted by molar-refractivity contribution is 9.10. The lowest BCUT2D eigenvalue weighted by atomic mass is 9.80. The third-order valence-corrected chi connectivity index (χ3v) is 28.5. The van der Waals surface area contributed by atoms with Crippen molar-refractivity contribution in [2.45, 2.75) is 155 Å². The summed E-state index contributed by atoms with van der Waals surface area (Å²) in [6.07, 6.45) is 1.38. The van der Waals surface area contributed by atoms with E-state index in [4.69, 9.17) is 68.5 Å². The van der Waals surface area contributed by atoms with Gasteiger partial charge in [-0.05, 0) is 181 Å². The van der Waals surface area contributed by atoms with Gasteiger partial charge in [0.15, 0.2) is 17.2 Å². The first-order valence-electron chi connectivity index (χ1n) is 46.0. The number of piperidine rings is 1. The van der Waals surface area contributed by atoms with Gasteiger partial charge in [-0.25, -0.2) is 50.3 Å².